The molecule has 40 heavy (non-hydrogen) atoms. The molecule has 2 aromatic heterocycles. The van der Waals surface area contributed by atoms with Crippen molar-refractivity contribution in [1.29, 1.82) is 0 Å². The van der Waals surface area contributed by atoms with Crippen LogP contribution in [0.15, 0.2) is 61.1 Å². The van der Waals surface area contributed by atoms with E-state index in [9.17, 15) is 18.0 Å². The van der Waals surface area contributed by atoms with Crippen LogP contribution in [0.25, 0.3) is 10.9 Å². The molecule has 2 aromatic carbocycles. The van der Waals surface area contributed by atoms with Gasteiger partial charge in [-0.1, -0.05) is 29.5 Å². The number of alkyl halides is 3. The number of benzene rings is 2. The maximum atomic E-state index is 14.0. The molecule has 1 N–H and O–H groups in total. The summed E-state index contributed by atoms with van der Waals surface area (Å²) in [6, 6.07) is 10.5. The third-order valence-corrected chi connectivity index (χ3v) is 7.36. The summed E-state index contributed by atoms with van der Waals surface area (Å²) in [6.07, 6.45) is 0.759. The van der Waals surface area contributed by atoms with Gasteiger partial charge in [-0.25, -0.2) is 0 Å². The second kappa shape index (κ2) is 11.3. The molecule has 0 spiro atoms. The van der Waals surface area contributed by atoms with Crippen molar-refractivity contribution in [1.82, 2.24) is 19.4 Å². The van der Waals surface area contributed by atoms with Crippen LogP contribution in [0, 0.1) is 11.8 Å². The molecule has 3 heterocycles. The van der Waals surface area contributed by atoms with Crippen LogP contribution in [0.4, 0.5) is 18.9 Å². The van der Waals surface area contributed by atoms with Crippen LogP contribution >= 0.6 is 11.6 Å². The molecular formula is C30H27ClF3N5O. The molecule has 5 rings (SSSR count). The number of rotatable bonds is 4. The highest BCUT2D eigenvalue weighted by Crippen LogP contribution is 2.34. The quantitative estimate of drug-likeness (QED) is 0.325. The third kappa shape index (κ3) is 6.15. The molecule has 0 saturated carbocycles. The lowest BCUT2D eigenvalue weighted by atomic mass is 10.0. The summed E-state index contributed by atoms with van der Waals surface area (Å²) in [6.45, 7) is 3.15. The van der Waals surface area contributed by atoms with Crippen molar-refractivity contribution in [2.45, 2.75) is 12.7 Å². The zero-order valence-electron chi connectivity index (χ0n) is 22.0. The minimum atomic E-state index is -4.59. The maximum absolute atomic E-state index is 14.0. The Kier molecular flexibility index (Phi) is 7.86. The summed E-state index contributed by atoms with van der Waals surface area (Å²) in [7, 11) is 3.91. The van der Waals surface area contributed by atoms with Crippen LogP contribution < -0.4 is 5.32 Å². The SMILES string of the molecule is CN1CCN(Cc2ccc(C(=O)Nc3ccc(Cl)c(C#Cc4cncc5c4ccn5C)c3)cc2C(F)(F)F)CC1. The Morgan fingerprint density at radius 1 is 1.00 bits per heavy atom. The number of fused-ring (bicyclic) bond motifs is 1. The van der Waals surface area contributed by atoms with Gasteiger partial charge >= 0.3 is 6.18 Å². The number of amides is 1. The lowest BCUT2D eigenvalue weighted by Gasteiger charge is -2.33. The number of carbonyl (C=O) groups is 1. The molecule has 1 amide bonds. The fourth-order valence-corrected chi connectivity index (χ4v) is 4.85. The average Bonchev–Trinajstić information content (AvgIpc) is 3.31. The zero-order valence-corrected chi connectivity index (χ0v) is 22.8. The van der Waals surface area contributed by atoms with Crippen molar-refractivity contribution in [2.24, 2.45) is 7.05 Å². The number of nitrogens with one attached hydrogen (secondary N) is 1. The number of aromatic nitrogens is 2. The average molecular weight is 566 g/mol. The fraction of sp³-hybridized carbons (Fsp3) is 0.267. The second-order valence-corrected chi connectivity index (χ2v) is 10.3. The van der Waals surface area contributed by atoms with Crippen molar-refractivity contribution in [3.05, 3.63) is 93.9 Å². The number of halogens is 4. The van der Waals surface area contributed by atoms with E-state index in [4.69, 9.17) is 11.6 Å². The standard InChI is InChI=1S/C30H27ClF3N5O/c1-37-11-13-39(14-12-37)19-23-6-4-21(16-26(23)30(32,33)34)29(40)36-24-7-8-27(31)20(15-24)3-5-22-17-35-18-28-25(22)9-10-38(28)2/h4,6-10,15-18H,11-14,19H2,1-2H3,(H,36,40). The molecule has 1 saturated heterocycles. The van der Waals surface area contributed by atoms with Gasteiger partial charge in [0.15, 0.2) is 0 Å². The van der Waals surface area contributed by atoms with Crippen LogP contribution in [0.5, 0.6) is 0 Å². The molecule has 1 aliphatic heterocycles. The van der Waals surface area contributed by atoms with Gasteiger partial charge in [-0.2, -0.15) is 13.2 Å². The predicted octanol–water partition coefficient (Wildman–Crippen LogP) is 5.65. The first-order valence-electron chi connectivity index (χ1n) is 12.7. The first kappa shape index (κ1) is 27.7. The van der Waals surface area contributed by atoms with E-state index in [1.165, 1.54) is 12.1 Å². The number of pyridine rings is 1. The number of hydrogen-bond acceptors (Lipinski definition) is 4. The molecule has 4 aromatic rings. The highest BCUT2D eigenvalue weighted by Gasteiger charge is 2.34. The van der Waals surface area contributed by atoms with E-state index in [1.807, 2.05) is 35.8 Å². The normalized spacial score (nSPS) is 14.7. The highest BCUT2D eigenvalue weighted by molar-refractivity contribution is 6.31. The molecule has 10 heteroatoms. The van der Waals surface area contributed by atoms with E-state index in [1.54, 1.807) is 30.6 Å². The van der Waals surface area contributed by atoms with Gasteiger partial charge in [0.25, 0.3) is 5.91 Å². The largest absolute Gasteiger partial charge is 0.416 e. The lowest BCUT2D eigenvalue weighted by Crippen LogP contribution is -2.44. The molecule has 0 unspecified atom stereocenters. The first-order chi connectivity index (χ1) is 19.1. The molecule has 206 valence electrons. The van der Waals surface area contributed by atoms with Crippen LogP contribution in [-0.4, -0.2) is 58.5 Å². The van der Waals surface area contributed by atoms with Crippen LogP contribution in [0.2, 0.25) is 5.02 Å². The number of aryl methyl sites for hydroxylation is 1. The van der Waals surface area contributed by atoms with Gasteiger partial charge in [-0.3, -0.25) is 14.7 Å². The number of hydrogen-bond donors (Lipinski definition) is 1. The minimum Gasteiger partial charge on any atom is -0.349 e. The Morgan fingerprint density at radius 3 is 2.50 bits per heavy atom. The van der Waals surface area contributed by atoms with Crippen molar-refractivity contribution in [3.63, 3.8) is 0 Å². The smallest absolute Gasteiger partial charge is 0.349 e. The Hall–Kier alpha value is -3.84. The molecule has 0 aliphatic carbocycles. The van der Waals surface area contributed by atoms with Gasteiger partial charge in [0.05, 0.1) is 27.9 Å². The molecular weight excluding hydrogens is 539 g/mol. The van der Waals surface area contributed by atoms with Crippen molar-refractivity contribution >= 4 is 34.1 Å². The number of piperazine rings is 1. The molecule has 0 atom stereocenters. The van der Waals surface area contributed by atoms with Crippen LogP contribution in [0.3, 0.4) is 0 Å². The number of carbonyl (C=O) groups excluding carboxylic acids is 1. The summed E-state index contributed by atoms with van der Waals surface area (Å²) in [5.41, 5.74) is 1.76. The number of nitrogens with zero attached hydrogens (tertiary/aromatic N) is 4. The van der Waals surface area contributed by atoms with E-state index in [-0.39, 0.29) is 17.7 Å². The molecule has 1 aliphatic rings. The minimum absolute atomic E-state index is 0.0844. The Bertz CT molecular complexity index is 1630. The number of likely N-dealkylation sites (N-methyl/N-ethyl adjacent to an activating group) is 1. The molecule has 1 fully saturated rings. The van der Waals surface area contributed by atoms with Crippen molar-refractivity contribution in [2.75, 3.05) is 38.5 Å². The highest BCUT2D eigenvalue weighted by atomic mass is 35.5. The Balaban J connectivity index is 1.36. The van der Waals surface area contributed by atoms with E-state index in [0.29, 0.717) is 29.4 Å². The predicted molar refractivity (Wildman–Crippen MR) is 150 cm³/mol. The van der Waals surface area contributed by atoms with Gasteiger partial charge in [0, 0.05) is 74.4 Å². The zero-order chi connectivity index (χ0) is 28.4. The van der Waals surface area contributed by atoms with Gasteiger partial charge in [-0.05, 0) is 49.0 Å². The van der Waals surface area contributed by atoms with Crippen molar-refractivity contribution < 1.29 is 18.0 Å². The summed E-state index contributed by atoms with van der Waals surface area (Å²) in [4.78, 5) is 21.4. The Labute approximate surface area is 235 Å². The lowest BCUT2D eigenvalue weighted by molar-refractivity contribution is -0.138. The van der Waals surface area contributed by atoms with E-state index in [0.717, 1.165) is 35.6 Å². The first-order valence-corrected chi connectivity index (χ1v) is 13.1. The molecule has 0 radical (unpaired) electrons. The van der Waals surface area contributed by atoms with Crippen LogP contribution in [0.1, 0.15) is 32.6 Å². The summed E-state index contributed by atoms with van der Waals surface area (Å²) < 4.78 is 43.8. The maximum Gasteiger partial charge on any atom is 0.416 e. The fourth-order valence-electron chi connectivity index (χ4n) is 4.69. The molecule has 6 nitrogen and oxygen atoms in total. The van der Waals surface area contributed by atoms with Gasteiger partial charge in [-0.15, -0.1) is 0 Å². The summed E-state index contributed by atoms with van der Waals surface area (Å²) >= 11 is 6.35. The molecule has 0 bridgehead atoms. The topological polar surface area (TPSA) is 53.4 Å². The van der Waals surface area contributed by atoms with E-state index in [2.05, 4.69) is 27.0 Å². The van der Waals surface area contributed by atoms with Gasteiger partial charge in [0.1, 0.15) is 0 Å². The Morgan fingerprint density at radius 2 is 1.75 bits per heavy atom. The van der Waals surface area contributed by atoms with Crippen molar-refractivity contribution in [3.8, 4) is 11.8 Å². The summed E-state index contributed by atoms with van der Waals surface area (Å²) in [5.74, 6) is 5.45. The van der Waals surface area contributed by atoms with Crippen LogP contribution in [-0.2, 0) is 19.8 Å². The van der Waals surface area contributed by atoms with E-state index >= 15 is 0 Å². The third-order valence-electron chi connectivity index (χ3n) is 7.03. The summed E-state index contributed by atoms with van der Waals surface area (Å²) in [5, 5.41) is 4.00. The van der Waals surface area contributed by atoms with Gasteiger partial charge < -0.3 is 14.8 Å². The second-order valence-electron chi connectivity index (χ2n) is 9.89. The van der Waals surface area contributed by atoms with Gasteiger partial charge in [0.2, 0.25) is 0 Å². The monoisotopic (exact) mass is 565 g/mol. The van der Waals surface area contributed by atoms with E-state index < -0.39 is 17.6 Å². The number of anilines is 1.